The lowest BCUT2D eigenvalue weighted by molar-refractivity contribution is -0.114. The van der Waals surface area contributed by atoms with E-state index < -0.39 is 76.8 Å². The largest absolute Gasteiger partial charge is 0.496 e. The Bertz CT molecular complexity index is 4960. The first kappa shape index (κ1) is 78.8. The van der Waals surface area contributed by atoms with Gasteiger partial charge >= 0.3 is 0 Å². The van der Waals surface area contributed by atoms with Crippen molar-refractivity contribution in [3.63, 3.8) is 0 Å². The zero-order chi connectivity index (χ0) is 78.2. The van der Waals surface area contributed by atoms with Gasteiger partial charge in [0.25, 0.3) is 0 Å². The second-order valence-corrected chi connectivity index (χ2v) is 39.1. The van der Waals surface area contributed by atoms with Gasteiger partial charge in [0.2, 0.25) is 23.6 Å². The molecule has 1 aliphatic carbocycles. The molecule has 0 heterocycles. The third kappa shape index (κ3) is 18.0. The fourth-order valence-corrected chi connectivity index (χ4v) is 24.6. The minimum Gasteiger partial charge on any atom is -0.496 e. The molecule has 20 heteroatoms. The highest BCUT2D eigenvalue weighted by Crippen LogP contribution is 2.49. The molecule has 1 aliphatic rings. The average Bonchev–Trinajstić information content (AvgIpc) is 0.804. The molecule has 0 saturated carbocycles. The van der Waals surface area contributed by atoms with E-state index in [2.05, 4.69) is 21.3 Å². The van der Waals surface area contributed by atoms with Crippen LogP contribution in [-0.4, -0.2) is 75.7 Å². The van der Waals surface area contributed by atoms with Gasteiger partial charge < -0.3 is 58.5 Å². The number of benzene rings is 12. The number of hydrogen-bond donors (Lipinski definition) is 4. The third-order valence-electron chi connectivity index (χ3n) is 19.8. The van der Waals surface area contributed by atoms with Crippen LogP contribution in [0.25, 0.3) is 0 Å². The van der Waals surface area contributed by atoms with E-state index in [4.69, 9.17) is 18.9 Å². The van der Waals surface area contributed by atoms with Gasteiger partial charge in [-0.25, -0.2) is 0 Å². The van der Waals surface area contributed by atoms with Crippen molar-refractivity contribution >= 4 is 117 Å². The van der Waals surface area contributed by atoms with Crippen molar-refractivity contribution in [2.24, 2.45) is 0 Å². The Morgan fingerprint density at radius 3 is 0.580 bits per heavy atom. The van der Waals surface area contributed by atoms with Crippen LogP contribution < -0.4 is 82.7 Å². The molecule has 0 atom stereocenters. The van der Waals surface area contributed by atoms with Gasteiger partial charge in [-0.1, -0.05) is 257 Å². The highest BCUT2D eigenvalue weighted by atomic mass is 31.2. The number of anilines is 4. The van der Waals surface area contributed by atoms with E-state index >= 15 is 37.4 Å². The predicted octanol–water partition coefficient (Wildman–Crippen LogP) is 15.8. The van der Waals surface area contributed by atoms with E-state index in [0.717, 1.165) is 0 Å². The fraction of sp³-hybridized carbons (Fsp3) is 0.174. The first-order valence-corrected chi connectivity index (χ1v) is 44.9. The lowest BCUT2D eigenvalue weighted by atomic mass is 9.90. The number of amides is 4. The summed E-state index contributed by atoms with van der Waals surface area (Å²) in [5.74, 6) is -0.401. The highest BCUT2D eigenvalue weighted by molar-refractivity contribution is 7.80. The first-order valence-electron chi connectivity index (χ1n) is 37.4. The Balaban J connectivity index is 1.01. The molecular weight excluding hydrogens is 1480 g/mol. The molecule has 8 bridgehead atoms. The van der Waals surface area contributed by atoms with Crippen molar-refractivity contribution in [2.75, 3.05) is 73.3 Å². The zero-order valence-corrected chi connectivity index (χ0v) is 66.5. The number of methoxy groups -OCH3 is 2. The van der Waals surface area contributed by atoms with Gasteiger partial charge in [-0.05, 0) is 61.4 Å². The summed E-state index contributed by atoms with van der Waals surface area (Å²) in [5.41, 5.74) is 5.81. The van der Waals surface area contributed by atoms with Gasteiger partial charge in [-0.2, -0.15) is 0 Å². The van der Waals surface area contributed by atoms with E-state index in [1.807, 2.05) is 111 Å². The Morgan fingerprint density at radius 1 is 0.268 bits per heavy atom. The molecule has 12 aromatic rings. The normalized spacial score (nSPS) is 12.2. The molecule has 0 aromatic heterocycles. The molecular formula is C92H88N4O12P4. The van der Waals surface area contributed by atoms with Gasteiger partial charge in [0, 0.05) is 135 Å². The second kappa shape index (κ2) is 35.8. The fourth-order valence-electron chi connectivity index (χ4n) is 14.8. The molecule has 0 unspecified atom stereocenters. The third-order valence-corrected chi connectivity index (χ3v) is 31.8. The summed E-state index contributed by atoms with van der Waals surface area (Å²) in [4.78, 5) is 60.6. The summed E-state index contributed by atoms with van der Waals surface area (Å²) >= 11 is 0. The second-order valence-electron chi connectivity index (χ2n) is 27.8. The number of rotatable bonds is 28. The van der Waals surface area contributed by atoms with Gasteiger partial charge in [-0.15, -0.1) is 0 Å². The molecule has 0 spiro atoms. The molecule has 13 rings (SSSR count). The Hall–Kier alpha value is -11.4. The maximum Gasteiger partial charge on any atom is 0.232 e. The Labute approximate surface area is 654 Å². The van der Waals surface area contributed by atoms with Crippen molar-refractivity contribution in [1.82, 2.24) is 0 Å². The summed E-state index contributed by atoms with van der Waals surface area (Å²) in [6.45, 7) is 4.48. The smallest absolute Gasteiger partial charge is 0.232 e. The Kier molecular flexibility index (Phi) is 25.1. The first-order chi connectivity index (χ1) is 54.4. The van der Waals surface area contributed by atoms with E-state index in [1.54, 1.807) is 208 Å². The van der Waals surface area contributed by atoms with Crippen LogP contribution in [0, 0.1) is 0 Å². The van der Waals surface area contributed by atoms with Crippen molar-refractivity contribution in [3.05, 3.63) is 336 Å². The lowest BCUT2D eigenvalue weighted by Crippen LogP contribution is -2.26. The number of fused-ring (bicyclic) bond motifs is 8. The van der Waals surface area contributed by atoms with Crippen LogP contribution in [-0.2, 0) is 63.1 Å². The molecule has 0 radical (unpaired) electrons. The minimum absolute atomic E-state index is 0.0273. The predicted molar refractivity (Wildman–Crippen MR) is 455 cm³/mol. The topological polar surface area (TPSA) is 222 Å². The molecule has 112 heavy (non-hydrogen) atoms. The SMILES string of the molecule is CCCOc1c2cc(NC(=O)CP(=O)(c3ccccc3)c3ccccc3)cc1Cc1cc(NC(=O)CP(=O)(c3ccccc3)c3ccccc3)cc(c1OC)Cc1cc(NC(=O)CP(=O)(c3ccccc3)c3ccccc3)cc(c1OCCC)Cc1cc(NC(=O)CP(=O)(c3ccccc3)c3ccccc3)cc(c1OC)C2. The lowest BCUT2D eigenvalue weighted by Gasteiger charge is -2.25. The number of ether oxygens (including phenoxy) is 4. The van der Waals surface area contributed by atoms with Crippen LogP contribution in [0.3, 0.4) is 0 Å². The van der Waals surface area contributed by atoms with Crippen LogP contribution >= 0.6 is 28.6 Å². The molecule has 0 aliphatic heterocycles. The van der Waals surface area contributed by atoms with Gasteiger partial charge in [0.1, 0.15) is 23.0 Å². The standard InChI is InChI=1S/C92H88N4O12P4/c1-5-47-107-91-69-49-65-53-73(93-85(97)61-109(101,77-31-15-7-16-32-77)78-33-17-8-18-34-78)55-67(89(65)105-3)51-71-59-76(96-88(100)64-112(104,83-43-27-13-28-44-83)84-45-29-14-30-46-84)60-72(92(71)108-48-6-2)52-68-56-74(94-86(98)62-110(102,79-35-19-9-20-36-79)80-37-21-10-22-38-80)54-66(90(68)106-4)50-70(91)58-75(57-69)95-87(99)63-111(103,81-39-23-11-24-40-81)82-41-25-12-26-42-82/h7-46,53-60H,5-6,47-52,61-64H2,1-4H3,(H,93,97)(H,94,98)(H,95,99)(H,96,100). The quantitative estimate of drug-likeness (QED) is 0.0336. The molecule has 0 saturated heterocycles. The average molecular weight is 1570 g/mol. The van der Waals surface area contributed by atoms with Crippen LogP contribution in [0.5, 0.6) is 23.0 Å². The van der Waals surface area contributed by atoms with Crippen molar-refractivity contribution < 1.29 is 56.4 Å². The van der Waals surface area contributed by atoms with E-state index in [0.29, 0.717) is 146 Å². The molecule has 4 amide bonds. The van der Waals surface area contributed by atoms with Gasteiger partial charge in [0.05, 0.1) is 52.1 Å². The van der Waals surface area contributed by atoms with Gasteiger partial charge in [0.15, 0.2) is 28.6 Å². The van der Waals surface area contributed by atoms with E-state index in [-0.39, 0.29) is 38.9 Å². The molecule has 4 N–H and O–H groups in total. The summed E-state index contributed by atoms with van der Waals surface area (Å²) < 4.78 is 89.9. The van der Waals surface area contributed by atoms with Crippen molar-refractivity contribution in [2.45, 2.75) is 52.4 Å². The number of carbonyl (C=O) groups excluding carboxylic acids is 4. The summed E-state index contributed by atoms with van der Waals surface area (Å²) in [7, 11) is -11.4. The minimum atomic E-state index is -3.63. The summed E-state index contributed by atoms with van der Waals surface area (Å²) in [6, 6.07) is 86.4. The van der Waals surface area contributed by atoms with E-state index in [9.17, 15) is 0 Å². The summed E-state index contributed by atoms with van der Waals surface area (Å²) in [5, 5.41) is 16.8. The van der Waals surface area contributed by atoms with Crippen LogP contribution in [0.15, 0.2) is 291 Å². The highest BCUT2D eigenvalue weighted by Gasteiger charge is 2.36. The monoisotopic (exact) mass is 1560 g/mol. The van der Waals surface area contributed by atoms with Gasteiger partial charge in [-0.3, -0.25) is 19.2 Å². The zero-order valence-electron chi connectivity index (χ0n) is 62.9. The summed E-state index contributed by atoms with van der Waals surface area (Å²) in [6.07, 6.45) is -0.281. The van der Waals surface area contributed by atoms with E-state index in [1.165, 1.54) is 0 Å². The van der Waals surface area contributed by atoms with Crippen LogP contribution in [0.4, 0.5) is 22.7 Å². The van der Waals surface area contributed by atoms with Crippen molar-refractivity contribution in [3.8, 4) is 23.0 Å². The maximum atomic E-state index is 15.7. The number of carbonyl (C=O) groups is 4. The molecule has 0 fully saturated rings. The van der Waals surface area contributed by atoms with Crippen molar-refractivity contribution in [1.29, 1.82) is 0 Å². The number of nitrogens with one attached hydrogen (secondary N) is 4. The van der Waals surface area contributed by atoms with Crippen LogP contribution in [0.2, 0.25) is 0 Å². The molecule has 12 aromatic carbocycles. The molecule has 16 nitrogen and oxygen atoms in total. The maximum absolute atomic E-state index is 15.7. The van der Waals surface area contributed by atoms with Crippen LogP contribution in [0.1, 0.15) is 71.2 Å². The molecule has 568 valence electrons. The Morgan fingerprint density at radius 2 is 0.429 bits per heavy atom. The number of hydrogen-bond acceptors (Lipinski definition) is 12.